The van der Waals surface area contributed by atoms with Crippen molar-refractivity contribution < 1.29 is 13.9 Å². The van der Waals surface area contributed by atoms with Gasteiger partial charge in [-0.15, -0.1) is 0 Å². The number of methoxy groups -OCH3 is 1. The number of amides is 1. The van der Waals surface area contributed by atoms with Gasteiger partial charge in [-0.3, -0.25) is 9.78 Å². The molecule has 0 saturated carbocycles. The minimum atomic E-state index is -1.14. The second kappa shape index (κ2) is 6.27. The summed E-state index contributed by atoms with van der Waals surface area (Å²) in [5.74, 6) is 0.418. The molecule has 0 saturated heterocycles. The maximum Gasteiger partial charge on any atom is 0.261 e. The van der Waals surface area contributed by atoms with Gasteiger partial charge in [0.25, 0.3) is 5.91 Å². The predicted octanol–water partition coefficient (Wildman–Crippen LogP) is 4.33. The maximum absolute atomic E-state index is 13.2. The smallest absolute Gasteiger partial charge is 0.261 e. The first-order valence-corrected chi connectivity index (χ1v) is 8.87. The van der Waals surface area contributed by atoms with Crippen molar-refractivity contribution in [1.29, 1.82) is 0 Å². The van der Waals surface area contributed by atoms with Crippen LogP contribution in [0.15, 0.2) is 53.2 Å². The molecule has 2 heterocycles. The van der Waals surface area contributed by atoms with E-state index in [4.69, 9.17) is 9.15 Å². The Kier molecular flexibility index (Phi) is 4.09. The second-order valence-electron chi connectivity index (χ2n) is 5.82. The SMILES string of the molecule is COC1(C(=O)Nc2cccnc2)CC=Cc2oc3ccc(I)cc3c21. The highest BCUT2D eigenvalue weighted by molar-refractivity contribution is 14.1. The van der Waals surface area contributed by atoms with Crippen LogP contribution in [0.25, 0.3) is 17.0 Å². The summed E-state index contributed by atoms with van der Waals surface area (Å²) >= 11 is 2.25. The van der Waals surface area contributed by atoms with E-state index in [1.807, 2.05) is 30.4 Å². The summed E-state index contributed by atoms with van der Waals surface area (Å²) in [6.45, 7) is 0. The quantitative estimate of drug-likeness (QED) is 0.609. The van der Waals surface area contributed by atoms with Crippen LogP contribution in [0.5, 0.6) is 0 Å². The Balaban J connectivity index is 1.86. The fourth-order valence-electron chi connectivity index (χ4n) is 3.21. The van der Waals surface area contributed by atoms with Gasteiger partial charge in [-0.05, 0) is 59.0 Å². The van der Waals surface area contributed by atoms with E-state index < -0.39 is 5.60 Å². The van der Waals surface area contributed by atoms with Gasteiger partial charge in [0.1, 0.15) is 11.3 Å². The number of furan rings is 1. The summed E-state index contributed by atoms with van der Waals surface area (Å²) in [4.78, 5) is 17.2. The molecule has 2 aromatic heterocycles. The zero-order valence-electron chi connectivity index (χ0n) is 13.5. The van der Waals surface area contributed by atoms with Crippen LogP contribution in [0, 0.1) is 3.57 Å². The third kappa shape index (κ3) is 2.65. The van der Waals surface area contributed by atoms with E-state index in [9.17, 15) is 4.79 Å². The first-order valence-electron chi connectivity index (χ1n) is 7.80. The molecule has 5 nitrogen and oxygen atoms in total. The normalized spacial score (nSPS) is 19.0. The molecule has 1 aliphatic rings. The molecule has 0 radical (unpaired) electrons. The van der Waals surface area contributed by atoms with E-state index in [0.717, 1.165) is 20.1 Å². The summed E-state index contributed by atoms with van der Waals surface area (Å²) in [7, 11) is 1.55. The minimum absolute atomic E-state index is 0.241. The largest absolute Gasteiger partial charge is 0.456 e. The topological polar surface area (TPSA) is 64.4 Å². The number of anilines is 1. The zero-order chi connectivity index (χ0) is 17.4. The van der Waals surface area contributed by atoms with Crippen molar-refractivity contribution in [3.05, 3.63) is 63.7 Å². The van der Waals surface area contributed by atoms with Crippen molar-refractivity contribution in [3.8, 4) is 0 Å². The first kappa shape index (κ1) is 16.3. The third-order valence-electron chi connectivity index (χ3n) is 4.39. The summed E-state index contributed by atoms with van der Waals surface area (Å²) in [6, 6.07) is 9.48. The van der Waals surface area contributed by atoms with Gasteiger partial charge in [0, 0.05) is 34.2 Å². The summed E-state index contributed by atoms with van der Waals surface area (Å²) in [5, 5.41) is 3.81. The lowest BCUT2D eigenvalue weighted by molar-refractivity contribution is -0.138. The monoisotopic (exact) mass is 446 g/mol. The Bertz CT molecular complexity index is 981. The molecule has 1 aromatic carbocycles. The molecule has 4 rings (SSSR count). The molecule has 1 atom stereocenters. The lowest BCUT2D eigenvalue weighted by atomic mass is 9.83. The highest BCUT2D eigenvalue weighted by Gasteiger charge is 2.45. The summed E-state index contributed by atoms with van der Waals surface area (Å²) in [6.07, 6.45) is 7.51. The van der Waals surface area contributed by atoms with Gasteiger partial charge < -0.3 is 14.5 Å². The molecule has 1 N–H and O–H groups in total. The molecular weight excluding hydrogens is 431 g/mol. The number of rotatable bonds is 3. The fraction of sp³-hybridized carbons (Fsp3) is 0.158. The average molecular weight is 446 g/mol. The number of halogens is 1. The Morgan fingerprint density at radius 2 is 2.28 bits per heavy atom. The number of nitrogens with one attached hydrogen (secondary N) is 1. The van der Waals surface area contributed by atoms with Gasteiger partial charge >= 0.3 is 0 Å². The predicted molar refractivity (Wildman–Crippen MR) is 104 cm³/mol. The van der Waals surface area contributed by atoms with Crippen molar-refractivity contribution in [1.82, 2.24) is 4.98 Å². The van der Waals surface area contributed by atoms with Crippen molar-refractivity contribution >= 4 is 51.2 Å². The fourth-order valence-corrected chi connectivity index (χ4v) is 3.70. The molecule has 1 aliphatic carbocycles. The second-order valence-corrected chi connectivity index (χ2v) is 7.06. The number of carbonyl (C=O) groups is 1. The van der Waals surface area contributed by atoms with Crippen LogP contribution in [-0.2, 0) is 15.1 Å². The molecule has 3 aromatic rings. The van der Waals surface area contributed by atoms with Gasteiger partial charge in [0.2, 0.25) is 0 Å². The number of ether oxygens (including phenoxy) is 1. The average Bonchev–Trinajstić information content (AvgIpc) is 3.00. The lowest BCUT2D eigenvalue weighted by Gasteiger charge is -2.32. The molecule has 1 amide bonds. The minimum Gasteiger partial charge on any atom is -0.456 e. The number of benzene rings is 1. The molecule has 25 heavy (non-hydrogen) atoms. The van der Waals surface area contributed by atoms with E-state index in [1.54, 1.807) is 31.6 Å². The Labute approximate surface area is 158 Å². The van der Waals surface area contributed by atoms with Crippen LogP contribution in [0.2, 0.25) is 0 Å². The summed E-state index contributed by atoms with van der Waals surface area (Å²) < 4.78 is 12.8. The number of hydrogen-bond acceptors (Lipinski definition) is 4. The zero-order valence-corrected chi connectivity index (χ0v) is 15.6. The maximum atomic E-state index is 13.2. The Hall–Kier alpha value is -2.19. The molecule has 1 unspecified atom stereocenters. The van der Waals surface area contributed by atoms with Crippen molar-refractivity contribution in [3.63, 3.8) is 0 Å². The molecule has 0 bridgehead atoms. The van der Waals surface area contributed by atoms with Gasteiger partial charge in [-0.1, -0.05) is 6.08 Å². The Morgan fingerprint density at radius 1 is 1.40 bits per heavy atom. The van der Waals surface area contributed by atoms with E-state index in [2.05, 4.69) is 32.9 Å². The lowest BCUT2D eigenvalue weighted by Crippen LogP contribution is -2.43. The highest BCUT2D eigenvalue weighted by Crippen LogP contribution is 2.43. The van der Waals surface area contributed by atoms with Crippen molar-refractivity contribution in [2.24, 2.45) is 0 Å². The van der Waals surface area contributed by atoms with Gasteiger partial charge in [-0.25, -0.2) is 0 Å². The van der Waals surface area contributed by atoms with Gasteiger partial charge in [-0.2, -0.15) is 0 Å². The summed E-state index contributed by atoms with van der Waals surface area (Å²) in [5.41, 5.74) is 0.998. The standard InChI is InChI=1S/C19H15IN2O3/c1-24-19(18(23)22-13-4-3-9-21-11-13)8-2-5-16-17(19)14-10-12(20)6-7-15(14)25-16/h2-7,9-11H,8H2,1H3,(H,22,23). The molecule has 0 spiro atoms. The molecule has 126 valence electrons. The van der Waals surface area contributed by atoms with Crippen LogP contribution >= 0.6 is 22.6 Å². The van der Waals surface area contributed by atoms with E-state index >= 15 is 0 Å². The number of nitrogens with zero attached hydrogens (tertiary/aromatic N) is 1. The molecule has 6 heteroatoms. The number of aromatic nitrogens is 1. The number of fused-ring (bicyclic) bond motifs is 3. The van der Waals surface area contributed by atoms with Gasteiger partial charge in [0.15, 0.2) is 5.60 Å². The number of carbonyl (C=O) groups excluding carboxylic acids is 1. The van der Waals surface area contributed by atoms with Crippen LogP contribution < -0.4 is 5.32 Å². The number of hydrogen-bond donors (Lipinski definition) is 1. The third-order valence-corrected chi connectivity index (χ3v) is 5.06. The van der Waals surface area contributed by atoms with E-state index in [-0.39, 0.29) is 5.91 Å². The Morgan fingerprint density at radius 3 is 3.04 bits per heavy atom. The first-order chi connectivity index (χ1) is 12.1. The van der Waals surface area contributed by atoms with E-state index in [0.29, 0.717) is 17.9 Å². The van der Waals surface area contributed by atoms with Crippen LogP contribution in [0.4, 0.5) is 5.69 Å². The van der Waals surface area contributed by atoms with E-state index in [1.165, 1.54) is 0 Å². The van der Waals surface area contributed by atoms with Crippen molar-refractivity contribution in [2.75, 3.05) is 12.4 Å². The van der Waals surface area contributed by atoms with Crippen LogP contribution in [0.3, 0.4) is 0 Å². The van der Waals surface area contributed by atoms with Crippen LogP contribution in [0.1, 0.15) is 17.7 Å². The molecule has 0 fully saturated rings. The van der Waals surface area contributed by atoms with Gasteiger partial charge in [0.05, 0.1) is 11.9 Å². The highest BCUT2D eigenvalue weighted by atomic mass is 127. The van der Waals surface area contributed by atoms with Crippen molar-refractivity contribution in [2.45, 2.75) is 12.0 Å². The molecular formula is C19H15IN2O3. The van der Waals surface area contributed by atoms with Crippen LogP contribution in [-0.4, -0.2) is 18.0 Å². The molecule has 0 aliphatic heterocycles. The number of pyridine rings is 1.